The van der Waals surface area contributed by atoms with E-state index in [0.717, 1.165) is 27.8 Å². The number of anilines is 1. The van der Waals surface area contributed by atoms with Crippen molar-refractivity contribution >= 4 is 34.8 Å². The molecule has 0 radical (unpaired) electrons. The molecule has 1 N–H and O–H groups in total. The zero-order valence-corrected chi connectivity index (χ0v) is 11.4. The summed E-state index contributed by atoms with van der Waals surface area (Å²) in [4.78, 5) is 16.1. The maximum atomic E-state index is 10.6. The van der Waals surface area contributed by atoms with Gasteiger partial charge in [-0.3, -0.25) is 9.78 Å². The first-order chi connectivity index (χ1) is 9.86. The topological polar surface area (TPSA) is 42.0 Å². The van der Waals surface area contributed by atoms with Crippen LogP contribution in [0.1, 0.15) is 10.4 Å². The van der Waals surface area contributed by atoms with Crippen molar-refractivity contribution in [3.8, 4) is 0 Å². The molecule has 0 aliphatic rings. The summed E-state index contributed by atoms with van der Waals surface area (Å²) in [6.07, 6.45) is 2.63. The van der Waals surface area contributed by atoms with E-state index in [9.17, 15) is 4.79 Å². The number of rotatable bonds is 4. The summed E-state index contributed by atoms with van der Waals surface area (Å²) >= 11 is 1.50. The van der Waals surface area contributed by atoms with Crippen LogP contribution >= 0.6 is 11.9 Å². The number of hydrogen-bond donors (Lipinski definition) is 1. The van der Waals surface area contributed by atoms with E-state index in [1.54, 1.807) is 18.3 Å². The molecule has 0 amide bonds. The lowest BCUT2D eigenvalue weighted by Gasteiger charge is -2.08. The molecule has 98 valence electrons. The molecule has 4 heteroatoms. The third-order valence-electron chi connectivity index (χ3n) is 2.93. The second kappa shape index (κ2) is 5.75. The molecular formula is C16H12N2OS. The number of hydrogen-bond acceptors (Lipinski definition) is 4. The molecule has 0 aliphatic heterocycles. The number of carbonyl (C=O) groups is 1. The lowest BCUT2D eigenvalue weighted by Crippen LogP contribution is -1.90. The highest BCUT2D eigenvalue weighted by atomic mass is 32.2. The van der Waals surface area contributed by atoms with Gasteiger partial charge in [0.05, 0.1) is 11.2 Å². The molecule has 0 spiro atoms. The standard InChI is InChI=1S/C16H12N2OS/c19-11-12-6-8-14(9-7-12)20-18-15-5-1-3-13-4-2-10-17-16(13)15/h1-11,18H. The lowest BCUT2D eigenvalue weighted by atomic mass is 10.2. The first kappa shape index (κ1) is 12.7. The summed E-state index contributed by atoms with van der Waals surface area (Å²) < 4.78 is 3.31. The number of carbonyl (C=O) groups excluding carboxylic acids is 1. The van der Waals surface area contributed by atoms with Gasteiger partial charge in [0, 0.05) is 22.0 Å². The third kappa shape index (κ3) is 2.65. The number of pyridine rings is 1. The maximum absolute atomic E-state index is 10.6. The molecule has 3 aromatic rings. The Morgan fingerprint density at radius 2 is 1.80 bits per heavy atom. The van der Waals surface area contributed by atoms with Gasteiger partial charge in [0.15, 0.2) is 0 Å². The largest absolute Gasteiger partial charge is 0.324 e. The average molecular weight is 280 g/mol. The average Bonchev–Trinajstić information content (AvgIpc) is 2.53. The van der Waals surface area contributed by atoms with Gasteiger partial charge in [-0.2, -0.15) is 0 Å². The Bertz CT molecular complexity index is 736. The number of fused-ring (bicyclic) bond motifs is 1. The Morgan fingerprint density at radius 3 is 2.60 bits per heavy atom. The zero-order chi connectivity index (χ0) is 13.8. The second-order valence-corrected chi connectivity index (χ2v) is 5.15. The van der Waals surface area contributed by atoms with Gasteiger partial charge in [-0.15, -0.1) is 0 Å². The van der Waals surface area contributed by atoms with Gasteiger partial charge in [0.1, 0.15) is 6.29 Å². The van der Waals surface area contributed by atoms with Crippen LogP contribution in [0.15, 0.2) is 65.7 Å². The number of para-hydroxylation sites is 1. The van der Waals surface area contributed by atoms with Crippen molar-refractivity contribution in [1.29, 1.82) is 0 Å². The molecule has 0 saturated heterocycles. The van der Waals surface area contributed by atoms with Crippen LogP contribution in [0.25, 0.3) is 10.9 Å². The number of aromatic nitrogens is 1. The number of aldehydes is 1. The van der Waals surface area contributed by atoms with E-state index in [1.807, 2.05) is 42.5 Å². The van der Waals surface area contributed by atoms with E-state index in [-0.39, 0.29) is 0 Å². The predicted molar refractivity (Wildman–Crippen MR) is 83.1 cm³/mol. The van der Waals surface area contributed by atoms with E-state index in [2.05, 4.69) is 9.71 Å². The van der Waals surface area contributed by atoms with Crippen molar-refractivity contribution in [1.82, 2.24) is 4.98 Å². The van der Waals surface area contributed by atoms with E-state index in [1.165, 1.54) is 11.9 Å². The third-order valence-corrected chi connectivity index (χ3v) is 3.76. The lowest BCUT2D eigenvalue weighted by molar-refractivity contribution is 0.112. The Morgan fingerprint density at radius 1 is 1.00 bits per heavy atom. The Kier molecular flexibility index (Phi) is 3.65. The van der Waals surface area contributed by atoms with Crippen LogP contribution in [0.5, 0.6) is 0 Å². The van der Waals surface area contributed by atoms with Crippen LogP contribution in [0.3, 0.4) is 0 Å². The van der Waals surface area contributed by atoms with Crippen LogP contribution in [-0.4, -0.2) is 11.3 Å². The van der Waals surface area contributed by atoms with Gasteiger partial charge < -0.3 is 4.72 Å². The number of nitrogens with one attached hydrogen (secondary N) is 1. The fourth-order valence-corrected chi connectivity index (χ4v) is 2.58. The number of nitrogens with zero attached hydrogens (tertiary/aromatic N) is 1. The minimum absolute atomic E-state index is 0.682. The molecule has 0 atom stereocenters. The van der Waals surface area contributed by atoms with Gasteiger partial charge in [0.2, 0.25) is 0 Å². The van der Waals surface area contributed by atoms with Crippen molar-refractivity contribution in [3.63, 3.8) is 0 Å². The highest BCUT2D eigenvalue weighted by molar-refractivity contribution is 8.00. The zero-order valence-electron chi connectivity index (χ0n) is 10.6. The number of benzene rings is 2. The quantitative estimate of drug-likeness (QED) is 0.575. The molecule has 2 aromatic carbocycles. The van der Waals surface area contributed by atoms with Gasteiger partial charge in [-0.1, -0.05) is 30.3 Å². The minimum Gasteiger partial charge on any atom is -0.324 e. The van der Waals surface area contributed by atoms with Crippen LogP contribution < -0.4 is 4.72 Å². The predicted octanol–water partition coefficient (Wildman–Crippen LogP) is 4.17. The fraction of sp³-hybridized carbons (Fsp3) is 0. The Labute approximate surface area is 121 Å². The molecule has 3 nitrogen and oxygen atoms in total. The summed E-state index contributed by atoms with van der Waals surface area (Å²) in [6.45, 7) is 0. The first-order valence-electron chi connectivity index (χ1n) is 6.19. The minimum atomic E-state index is 0.682. The van der Waals surface area contributed by atoms with Crippen LogP contribution in [0.2, 0.25) is 0 Å². The molecule has 3 rings (SSSR count). The van der Waals surface area contributed by atoms with Gasteiger partial charge >= 0.3 is 0 Å². The van der Waals surface area contributed by atoms with E-state index in [0.29, 0.717) is 5.56 Å². The smallest absolute Gasteiger partial charge is 0.150 e. The first-order valence-corrected chi connectivity index (χ1v) is 7.00. The molecule has 1 heterocycles. The maximum Gasteiger partial charge on any atom is 0.150 e. The highest BCUT2D eigenvalue weighted by Crippen LogP contribution is 2.26. The monoisotopic (exact) mass is 280 g/mol. The fourth-order valence-electron chi connectivity index (χ4n) is 1.91. The van der Waals surface area contributed by atoms with Crippen molar-refractivity contribution in [2.75, 3.05) is 4.72 Å². The normalized spacial score (nSPS) is 10.4. The molecule has 0 bridgehead atoms. The van der Waals surface area contributed by atoms with E-state index in [4.69, 9.17) is 0 Å². The van der Waals surface area contributed by atoms with Crippen molar-refractivity contribution < 1.29 is 4.79 Å². The Hall–Kier alpha value is -2.33. The SMILES string of the molecule is O=Cc1ccc(SNc2cccc3cccnc23)cc1. The Balaban J connectivity index is 1.81. The molecular weight excluding hydrogens is 268 g/mol. The van der Waals surface area contributed by atoms with Crippen molar-refractivity contribution in [2.24, 2.45) is 0 Å². The summed E-state index contributed by atoms with van der Waals surface area (Å²) in [7, 11) is 0. The molecule has 1 aromatic heterocycles. The van der Waals surface area contributed by atoms with Crippen molar-refractivity contribution in [2.45, 2.75) is 4.90 Å². The van der Waals surface area contributed by atoms with Crippen LogP contribution in [0, 0.1) is 0 Å². The summed E-state index contributed by atoms with van der Waals surface area (Å²) in [5.74, 6) is 0. The van der Waals surface area contributed by atoms with Gasteiger partial charge in [0.25, 0.3) is 0 Å². The van der Waals surface area contributed by atoms with Crippen molar-refractivity contribution in [3.05, 3.63) is 66.4 Å². The summed E-state index contributed by atoms with van der Waals surface area (Å²) in [6, 6.07) is 17.5. The summed E-state index contributed by atoms with van der Waals surface area (Å²) in [5.41, 5.74) is 2.61. The van der Waals surface area contributed by atoms with Crippen LogP contribution in [0.4, 0.5) is 5.69 Å². The molecule has 0 aliphatic carbocycles. The molecule has 0 unspecified atom stereocenters. The van der Waals surface area contributed by atoms with Crippen LogP contribution in [-0.2, 0) is 0 Å². The van der Waals surface area contributed by atoms with Gasteiger partial charge in [-0.05, 0) is 36.2 Å². The van der Waals surface area contributed by atoms with Gasteiger partial charge in [-0.25, -0.2) is 0 Å². The molecule has 0 fully saturated rings. The summed E-state index contributed by atoms with van der Waals surface area (Å²) in [5, 5.41) is 1.11. The molecule has 20 heavy (non-hydrogen) atoms. The van der Waals surface area contributed by atoms with E-state index < -0.39 is 0 Å². The van der Waals surface area contributed by atoms with E-state index >= 15 is 0 Å². The molecule has 0 saturated carbocycles. The highest BCUT2D eigenvalue weighted by Gasteiger charge is 2.02. The second-order valence-electron chi connectivity index (χ2n) is 4.27.